The molecule has 0 unspecified atom stereocenters. The van der Waals surface area contributed by atoms with E-state index in [0.29, 0.717) is 33.0 Å². The first-order chi connectivity index (χ1) is 17.9. The average Bonchev–Trinajstić information content (AvgIpc) is 3.37. The minimum absolute atomic E-state index is 0.0186. The molecule has 194 valence electrons. The third kappa shape index (κ3) is 7.23. The van der Waals surface area contributed by atoms with Gasteiger partial charge in [-0.15, -0.1) is 0 Å². The second kappa shape index (κ2) is 12.6. The van der Waals surface area contributed by atoms with Gasteiger partial charge in [0.25, 0.3) is 0 Å². The van der Waals surface area contributed by atoms with E-state index in [-0.39, 0.29) is 31.3 Å². The summed E-state index contributed by atoms with van der Waals surface area (Å²) in [7, 11) is 0. The number of phenolic OH excluding ortho intramolecular Hbond substituents is 1. The van der Waals surface area contributed by atoms with Gasteiger partial charge in [0.2, 0.25) is 6.79 Å². The Morgan fingerprint density at radius 1 is 1.05 bits per heavy atom. The summed E-state index contributed by atoms with van der Waals surface area (Å²) in [5.41, 5.74) is 0.728. The number of thiol groups is 1. The van der Waals surface area contributed by atoms with Crippen LogP contribution in [0.4, 0.5) is 10.5 Å². The van der Waals surface area contributed by atoms with Gasteiger partial charge in [-0.1, -0.05) is 34.1 Å². The summed E-state index contributed by atoms with van der Waals surface area (Å²) in [5, 5.41) is 13.3. The molecule has 2 atom stereocenters. The highest BCUT2D eigenvalue weighted by Crippen LogP contribution is 2.37. The summed E-state index contributed by atoms with van der Waals surface area (Å²) in [5.74, 6) is 0.905. The van der Waals surface area contributed by atoms with E-state index in [4.69, 9.17) is 23.7 Å². The highest BCUT2D eigenvalue weighted by atomic mass is 79.9. The molecule has 0 aromatic heterocycles. The van der Waals surface area contributed by atoms with Crippen LogP contribution in [0.5, 0.6) is 23.0 Å². The number of carbonyl (C=O) groups excluding carboxylic acids is 2. The minimum Gasteiger partial charge on any atom is -0.508 e. The molecule has 11 heteroatoms. The molecule has 0 fully saturated rings. The van der Waals surface area contributed by atoms with Gasteiger partial charge in [-0.2, -0.15) is 12.6 Å². The SMILES string of the molecule is O=C(CS)OCC[C@H](Oc1ccccc1)[C@@H](OC(=O)Nc1ccc2c(c1)OCO2)c1cc(Br)ccc1O. The summed E-state index contributed by atoms with van der Waals surface area (Å²) in [6.45, 7) is 0.0824. The molecule has 0 spiro atoms. The number of carbonyl (C=O) groups is 2. The topological polar surface area (TPSA) is 113 Å². The number of esters is 1. The molecule has 1 aliphatic heterocycles. The monoisotopic (exact) mass is 589 g/mol. The standard InChI is InChI=1S/C26H24BrNO8S/c27-16-6-8-20(29)19(12-16)25(36-26(31)28-17-7-9-21-23(13-17)34-15-33-21)22(10-11-32-24(30)14-37)35-18-4-2-1-3-5-18/h1-9,12-13,22,25,29,37H,10-11,14-15H2,(H,28,31)/t22-,25-/m0/s1. The summed E-state index contributed by atoms with van der Waals surface area (Å²) in [6.07, 6.45) is -2.56. The number of hydrogen-bond donors (Lipinski definition) is 3. The fourth-order valence-corrected chi connectivity index (χ4v) is 4.08. The van der Waals surface area contributed by atoms with Crippen LogP contribution in [0.15, 0.2) is 71.2 Å². The minimum atomic E-state index is -1.08. The van der Waals surface area contributed by atoms with Crippen molar-refractivity contribution in [3.05, 3.63) is 76.8 Å². The lowest BCUT2D eigenvalue weighted by Gasteiger charge is -2.29. The molecule has 0 bridgehead atoms. The Hall–Kier alpha value is -3.57. The van der Waals surface area contributed by atoms with Crippen LogP contribution < -0.4 is 19.5 Å². The Morgan fingerprint density at radius 2 is 1.84 bits per heavy atom. The van der Waals surface area contributed by atoms with E-state index in [1.54, 1.807) is 54.6 Å². The summed E-state index contributed by atoms with van der Waals surface area (Å²) >= 11 is 7.32. The predicted octanol–water partition coefficient (Wildman–Crippen LogP) is 5.48. The summed E-state index contributed by atoms with van der Waals surface area (Å²) < 4.78 is 28.5. The number of amides is 1. The Balaban J connectivity index is 1.60. The molecule has 9 nitrogen and oxygen atoms in total. The van der Waals surface area contributed by atoms with Crippen molar-refractivity contribution in [1.29, 1.82) is 0 Å². The van der Waals surface area contributed by atoms with Crippen molar-refractivity contribution in [3.63, 3.8) is 0 Å². The second-order valence-electron chi connectivity index (χ2n) is 7.86. The van der Waals surface area contributed by atoms with Crippen LogP contribution in [0, 0.1) is 0 Å². The number of phenols is 1. The number of benzene rings is 3. The van der Waals surface area contributed by atoms with Gasteiger partial charge in [0.05, 0.1) is 12.4 Å². The molecular formula is C26H24BrNO8S. The molecule has 0 saturated carbocycles. The molecule has 1 aliphatic rings. The maximum Gasteiger partial charge on any atom is 0.412 e. The van der Waals surface area contributed by atoms with Crippen molar-refractivity contribution in [2.45, 2.75) is 18.6 Å². The van der Waals surface area contributed by atoms with E-state index in [2.05, 4.69) is 33.9 Å². The van der Waals surface area contributed by atoms with Gasteiger partial charge in [0.15, 0.2) is 17.6 Å². The fourth-order valence-electron chi connectivity index (χ4n) is 3.61. The van der Waals surface area contributed by atoms with Crippen LogP contribution in [-0.4, -0.2) is 42.4 Å². The Kier molecular flexibility index (Phi) is 9.02. The highest BCUT2D eigenvalue weighted by Gasteiger charge is 2.32. The first kappa shape index (κ1) is 26.5. The normalized spacial score (nSPS) is 13.4. The van der Waals surface area contributed by atoms with Crippen LogP contribution in [0.3, 0.4) is 0 Å². The van der Waals surface area contributed by atoms with Gasteiger partial charge < -0.3 is 28.8 Å². The first-order valence-electron chi connectivity index (χ1n) is 11.3. The second-order valence-corrected chi connectivity index (χ2v) is 9.09. The van der Waals surface area contributed by atoms with Gasteiger partial charge in [-0.3, -0.25) is 10.1 Å². The third-order valence-electron chi connectivity index (χ3n) is 5.31. The van der Waals surface area contributed by atoms with E-state index in [1.807, 2.05) is 6.07 Å². The van der Waals surface area contributed by atoms with E-state index in [1.165, 1.54) is 6.07 Å². The average molecular weight is 590 g/mol. The molecule has 1 heterocycles. The molecule has 37 heavy (non-hydrogen) atoms. The van der Waals surface area contributed by atoms with Gasteiger partial charge >= 0.3 is 12.1 Å². The quantitative estimate of drug-likeness (QED) is 0.210. The number of rotatable bonds is 10. The lowest BCUT2D eigenvalue weighted by atomic mass is 10.0. The van der Waals surface area contributed by atoms with Crippen molar-refractivity contribution >= 4 is 46.3 Å². The van der Waals surface area contributed by atoms with E-state index < -0.39 is 24.3 Å². The zero-order valence-corrected chi connectivity index (χ0v) is 21.9. The number of ether oxygens (including phenoxy) is 5. The van der Waals surface area contributed by atoms with Crippen molar-refractivity contribution in [3.8, 4) is 23.0 Å². The summed E-state index contributed by atoms with van der Waals surface area (Å²) in [4.78, 5) is 24.7. The smallest absolute Gasteiger partial charge is 0.412 e. The predicted molar refractivity (Wildman–Crippen MR) is 142 cm³/mol. The molecule has 0 aliphatic carbocycles. The van der Waals surface area contributed by atoms with Crippen LogP contribution in [0.25, 0.3) is 0 Å². The summed E-state index contributed by atoms with van der Waals surface area (Å²) in [6, 6.07) is 18.6. The maximum absolute atomic E-state index is 13.0. The van der Waals surface area contributed by atoms with E-state index >= 15 is 0 Å². The van der Waals surface area contributed by atoms with Crippen LogP contribution in [-0.2, 0) is 14.3 Å². The molecule has 1 amide bonds. The molecule has 3 aromatic carbocycles. The lowest BCUT2D eigenvalue weighted by molar-refractivity contribution is -0.141. The maximum atomic E-state index is 13.0. The van der Waals surface area contributed by atoms with Crippen molar-refractivity contribution in [2.24, 2.45) is 0 Å². The zero-order valence-electron chi connectivity index (χ0n) is 19.5. The molecule has 2 N–H and O–H groups in total. The van der Waals surface area contributed by atoms with Crippen molar-refractivity contribution in [2.75, 3.05) is 24.5 Å². The van der Waals surface area contributed by atoms with E-state index in [9.17, 15) is 14.7 Å². The van der Waals surface area contributed by atoms with Crippen molar-refractivity contribution < 1.29 is 38.4 Å². The molecule has 3 aromatic rings. The van der Waals surface area contributed by atoms with E-state index in [0.717, 1.165) is 0 Å². The third-order valence-corrected chi connectivity index (χ3v) is 6.06. The number of para-hydroxylation sites is 1. The van der Waals surface area contributed by atoms with Crippen molar-refractivity contribution in [1.82, 2.24) is 0 Å². The largest absolute Gasteiger partial charge is 0.508 e. The fraction of sp³-hybridized carbons (Fsp3) is 0.231. The van der Waals surface area contributed by atoms with Gasteiger partial charge in [0.1, 0.15) is 17.6 Å². The van der Waals surface area contributed by atoms with Gasteiger partial charge in [-0.25, -0.2) is 4.79 Å². The molecule has 4 rings (SSSR count). The molecular weight excluding hydrogens is 566 g/mol. The highest BCUT2D eigenvalue weighted by molar-refractivity contribution is 9.10. The number of fused-ring (bicyclic) bond motifs is 1. The number of nitrogens with one attached hydrogen (secondary N) is 1. The molecule has 0 saturated heterocycles. The molecule has 0 radical (unpaired) electrons. The number of anilines is 1. The Bertz CT molecular complexity index is 1240. The Morgan fingerprint density at radius 3 is 2.62 bits per heavy atom. The lowest BCUT2D eigenvalue weighted by Crippen LogP contribution is -2.32. The number of halogens is 1. The number of hydrogen-bond acceptors (Lipinski definition) is 9. The zero-order chi connectivity index (χ0) is 26.2. The van der Waals surface area contributed by atoms with Gasteiger partial charge in [0, 0.05) is 28.2 Å². The van der Waals surface area contributed by atoms with Crippen LogP contribution in [0.1, 0.15) is 18.1 Å². The first-order valence-corrected chi connectivity index (χ1v) is 12.7. The van der Waals surface area contributed by atoms with Crippen LogP contribution >= 0.6 is 28.6 Å². The van der Waals surface area contributed by atoms with Gasteiger partial charge in [-0.05, 0) is 42.5 Å². The van der Waals surface area contributed by atoms with Crippen LogP contribution in [0.2, 0.25) is 0 Å². The number of aromatic hydroxyl groups is 1. The Labute approximate surface area is 227 Å².